The Kier molecular flexibility index (Phi) is 3.40. The molecule has 2 N–H and O–H groups in total. The van der Waals surface area contributed by atoms with Crippen molar-refractivity contribution in [2.24, 2.45) is 16.7 Å². The second kappa shape index (κ2) is 4.97. The van der Waals surface area contributed by atoms with Gasteiger partial charge >= 0.3 is 6.03 Å². The number of aliphatic hydroxyl groups excluding tert-OH is 1. The van der Waals surface area contributed by atoms with Crippen LogP contribution in [0, 0.1) is 16.7 Å². The van der Waals surface area contributed by atoms with E-state index in [0.29, 0.717) is 12.3 Å². The fourth-order valence-corrected chi connectivity index (χ4v) is 8.23. The Morgan fingerprint density at radius 1 is 1.33 bits per heavy atom. The first kappa shape index (κ1) is 16.4. The van der Waals surface area contributed by atoms with Gasteiger partial charge in [-0.15, -0.1) is 0 Å². The summed E-state index contributed by atoms with van der Waals surface area (Å²) in [5, 5.41) is 12.8. The van der Waals surface area contributed by atoms with Gasteiger partial charge in [-0.3, -0.25) is 0 Å². The van der Waals surface area contributed by atoms with Crippen LogP contribution in [0.15, 0.2) is 12.2 Å². The van der Waals surface area contributed by atoms with E-state index < -0.39 is 28.2 Å². The molecule has 6 nitrogen and oxygen atoms in total. The fraction of sp³-hybridized carbons (Fsp3) is 0.824. The van der Waals surface area contributed by atoms with Crippen LogP contribution in [0.3, 0.4) is 0 Å². The Hall–Kier alpha value is -1.08. The number of nitrogens with zero attached hydrogens (tertiary/aromatic N) is 1. The largest absolute Gasteiger partial charge is 0.387 e. The first-order valence-electron chi connectivity index (χ1n) is 8.86. The number of hydrogen-bond acceptors (Lipinski definition) is 4. The molecule has 1 saturated heterocycles. The third-order valence-corrected chi connectivity index (χ3v) is 9.21. The summed E-state index contributed by atoms with van der Waals surface area (Å²) in [6, 6.07) is -1.20. The van der Waals surface area contributed by atoms with E-state index in [0.717, 1.165) is 30.0 Å². The van der Waals surface area contributed by atoms with Crippen LogP contribution in [-0.4, -0.2) is 47.8 Å². The van der Waals surface area contributed by atoms with Crippen LogP contribution in [0.1, 0.15) is 46.0 Å². The molecule has 0 unspecified atom stereocenters. The Morgan fingerprint density at radius 3 is 2.75 bits per heavy atom. The van der Waals surface area contributed by atoms with Crippen molar-refractivity contribution in [1.82, 2.24) is 9.62 Å². The minimum atomic E-state index is -3.61. The number of sulfonamides is 1. The third-order valence-electron chi connectivity index (χ3n) is 7.31. The predicted octanol–water partition coefficient (Wildman–Crippen LogP) is 1.62. The van der Waals surface area contributed by atoms with Gasteiger partial charge in [0.05, 0.1) is 23.9 Å². The van der Waals surface area contributed by atoms with E-state index in [1.54, 1.807) is 6.08 Å². The summed E-state index contributed by atoms with van der Waals surface area (Å²) < 4.78 is 26.7. The number of fused-ring (bicyclic) bond motifs is 1. The zero-order chi connectivity index (χ0) is 17.3. The van der Waals surface area contributed by atoms with Crippen molar-refractivity contribution in [1.29, 1.82) is 0 Å². The molecule has 3 fully saturated rings. The molecule has 7 heteroatoms. The molecular formula is C17H26N2O4S. The lowest BCUT2D eigenvalue weighted by Gasteiger charge is -2.37. The molecule has 1 aliphatic heterocycles. The van der Waals surface area contributed by atoms with Crippen molar-refractivity contribution in [3.8, 4) is 0 Å². The lowest BCUT2D eigenvalue weighted by atomic mass is 9.69. The molecule has 2 amide bonds. The molecule has 0 aromatic heterocycles. The highest BCUT2D eigenvalue weighted by atomic mass is 32.2. The number of urea groups is 1. The average Bonchev–Trinajstić information content (AvgIpc) is 2.96. The van der Waals surface area contributed by atoms with Gasteiger partial charge in [-0.1, -0.05) is 26.0 Å². The van der Waals surface area contributed by atoms with Gasteiger partial charge in [-0.25, -0.2) is 17.5 Å². The summed E-state index contributed by atoms with van der Waals surface area (Å²) in [7, 11) is -3.61. The van der Waals surface area contributed by atoms with Gasteiger partial charge in [0.1, 0.15) is 0 Å². The number of carbonyl (C=O) groups is 1. The highest BCUT2D eigenvalue weighted by Crippen LogP contribution is 2.69. The summed E-state index contributed by atoms with van der Waals surface area (Å²) >= 11 is 0. The number of rotatable bonds is 1. The zero-order valence-electron chi connectivity index (χ0n) is 14.2. The molecule has 0 aromatic carbocycles. The quantitative estimate of drug-likeness (QED) is 0.701. The zero-order valence-corrected chi connectivity index (χ0v) is 15.1. The van der Waals surface area contributed by atoms with Crippen LogP contribution in [0.25, 0.3) is 0 Å². The highest BCUT2D eigenvalue weighted by molar-refractivity contribution is 7.90. The molecule has 24 heavy (non-hydrogen) atoms. The monoisotopic (exact) mass is 354 g/mol. The van der Waals surface area contributed by atoms with Crippen LogP contribution in [0.5, 0.6) is 0 Å². The first-order chi connectivity index (χ1) is 11.2. The van der Waals surface area contributed by atoms with Crippen molar-refractivity contribution in [2.75, 3.05) is 5.75 Å². The van der Waals surface area contributed by atoms with E-state index in [1.807, 2.05) is 6.08 Å². The Labute approximate surface area is 143 Å². The smallest absolute Gasteiger partial charge is 0.331 e. The lowest BCUT2D eigenvalue weighted by Crippen LogP contribution is -2.53. The maximum Gasteiger partial charge on any atom is 0.331 e. The molecule has 1 heterocycles. The van der Waals surface area contributed by atoms with Gasteiger partial charge in [0.25, 0.3) is 0 Å². The van der Waals surface area contributed by atoms with E-state index in [-0.39, 0.29) is 22.6 Å². The van der Waals surface area contributed by atoms with E-state index in [9.17, 15) is 18.3 Å². The van der Waals surface area contributed by atoms with Crippen molar-refractivity contribution < 1.29 is 18.3 Å². The van der Waals surface area contributed by atoms with E-state index >= 15 is 0 Å². The number of nitrogens with one attached hydrogen (secondary N) is 1. The lowest BCUT2D eigenvalue weighted by molar-refractivity contribution is 0.113. The summed E-state index contributed by atoms with van der Waals surface area (Å²) in [5.41, 5.74) is -0.355. The van der Waals surface area contributed by atoms with Crippen molar-refractivity contribution >= 4 is 16.1 Å². The van der Waals surface area contributed by atoms with Crippen molar-refractivity contribution in [2.45, 2.75) is 64.1 Å². The molecule has 4 rings (SSSR count). The molecule has 3 aliphatic carbocycles. The first-order valence-corrected chi connectivity index (χ1v) is 10.5. The predicted molar refractivity (Wildman–Crippen MR) is 89.7 cm³/mol. The van der Waals surface area contributed by atoms with Crippen LogP contribution in [0.4, 0.5) is 4.79 Å². The summed E-state index contributed by atoms with van der Waals surface area (Å²) in [5.74, 6) is 0.561. The number of carbonyl (C=O) groups excluding carboxylic acids is 1. The summed E-state index contributed by atoms with van der Waals surface area (Å²) in [4.78, 5) is 12.8. The maximum atomic E-state index is 12.8. The maximum absolute atomic E-state index is 12.8. The van der Waals surface area contributed by atoms with Crippen molar-refractivity contribution in [3.05, 3.63) is 12.2 Å². The average molecular weight is 354 g/mol. The Bertz CT molecular complexity index is 701. The molecule has 5 atom stereocenters. The minimum Gasteiger partial charge on any atom is -0.387 e. The second-order valence-corrected chi connectivity index (χ2v) is 10.3. The van der Waals surface area contributed by atoms with Gasteiger partial charge < -0.3 is 10.4 Å². The van der Waals surface area contributed by atoms with Gasteiger partial charge in [0, 0.05) is 5.41 Å². The van der Waals surface area contributed by atoms with Crippen LogP contribution >= 0.6 is 0 Å². The standard InChI is InChI=1S/C17H26N2O4S/c1-16(2)11-7-8-17(16)10-24(22,23)19(14(17)9-11)15(21)18-12-5-3-4-6-13(12)20/h4,6,11-14,20H,3,5,7-10H2,1-2H3,(H,18,21)/t11-,12+,13+,14-,17-/m0/s1. The molecule has 2 saturated carbocycles. The molecule has 0 radical (unpaired) electrons. The van der Waals surface area contributed by atoms with E-state index in [1.165, 1.54) is 0 Å². The number of allylic oxidation sites excluding steroid dienone is 1. The van der Waals surface area contributed by atoms with Gasteiger partial charge in [0.15, 0.2) is 0 Å². The highest BCUT2D eigenvalue weighted by Gasteiger charge is 2.72. The Balaban J connectivity index is 1.61. The molecular weight excluding hydrogens is 328 g/mol. The van der Waals surface area contributed by atoms with Crippen LogP contribution < -0.4 is 5.32 Å². The Morgan fingerprint density at radius 2 is 2.08 bits per heavy atom. The molecule has 1 spiro atoms. The van der Waals surface area contributed by atoms with Gasteiger partial charge in [-0.2, -0.15) is 0 Å². The minimum absolute atomic E-state index is 0.0488. The van der Waals surface area contributed by atoms with E-state index in [4.69, 9.17) is 0 Å². The van der Waals surface area contributed by atoms with Gasteiger partial charge in [0.2, 0.25) is 10.0 Å². The second-order valence-electron chi connectivity index (χ2n) is 8.47. The summed E-state index contributed by atoms with van der Waals surface area (Å²) in [6.45, 7) is 4.33. The SMILES string of the molecule is CC1(C)[C@H]2CC[C@@]13CS(=O)(=O)N(C(=O)N[C@@H]1CCC=C[C@H]1O)[C@H]3C2. The normalized spacial score (nSPS) is 44.5. The number of amides is 2. The molecule has 0 aromatic rings. The van der Waals surface area contributed by atoms with E-state index in [2.05, 4.69) is 19.2 Å². The van der Waals surface area contributed by atoms with Crippen molar-refractivity contribution in [3.63, 3.8) is 0 Å². The molecule has 134 valence electrons. The van der Waals surface area contributed by atoms with Gasteiger partial charge in [-0.05, 0) is 43.4 Å². The fourth-order valence-electron chi connectivity index (χ4n) is 5.75. The van der Waals surface area contributed by atoms with Crippen LogP contribution in [0.2, 0.25) is 0 Å². The number of aliphatic hydroxyl groups is 1. The topological polar surface area (TPSA) is 86.7 Å². The molecule has 4 aliphatic rings. The summed E-state index contributed by atoms with van der Waals surface area (Å²) in [6.07, 6.45) is 6.90. The van der Waals surface area contributed by atoms with Crippen LogP contribution in [-0.2, 0) is 10.0 Å². The number of hydrogen-bond donors (Lipinski definition) is 2. The molecule has 2 bridgehead atoms. The third kappa shape index (κ3) is 1.97.